The van der Waals surface area contributed by atoms with Crippen LogP contribution in [0.25, 0.3) is 11.7 Å². The molecule has 0 saturated heterocycles. The lowest BCUT2D eigenvalue weighted by molar-refractivity contribution is 0.448. The number of nitrogens with zero attached hydrogens (tertiary/aromatic N) is 1. The Balaban J connectivity index is 1.76. The fourth-order valence-corrected chi connectivity index (χ4v) is 4.52. The summed E-state index contributed by atoms with van der Waals surface area (Å²) in [5.41, 5.74) is 0. The summed E-state index contributed by atoms with van der Waals surface area (Å²) in [4.78, 5) is 4.44. The molecule has 6 nitrogen and oxygen atoms in total. The van der Waals surface area contributed by atoms with Gasteiger partial charge >= 0.3 is 0 Å². The van der Waals surface area contributed by atoms with Gasteiger partial charge in [0.15, 0.2) is 5.76 Å². The molecule has 2 heterocycles. The molecular weight excluding hydrogens is 352 g/mol. The van der Waals surface area contributed by atoms with Crippen molar-refractivity contribution in [2.24, 2.45) is 0 Å². The van der Waals surface area contributed by atoms with Crippen LogP contribution in [0.5, 0.6) is 0 Å². The maximum atomic E-state index is 13.1. The molecule has 0 aliphatic heterocycles. The Bertz CT molecular complexity index is 956. The van der Waals surface area contributed by atoms with Gasteiger partial charge in [-0.1, -0.05) is 37.5 Å². The van der Waals surface area contributed by atoms with Crippen molar-refractivity contribution < 1.29 is 17.3 Å². The molecule has 26 heavy (non-hydrogen) atoms. The highest BCUT2D eigenvalue weighted by atomic mass is 32.2. The molecular formula is C19H20N2O4S. The molecule has 1 N–H and O–H groups in total. The van der Waals surface area contributed by atoms with Gasteiger partial charge in [0.2, 0.25) is 20.7 Å². The average Bonchev–Trinajstić information content (AvgIpc) is 3.33. The number of oxazole rings is 1. The molecule has 0 bridgehead atoms. The van der Waals surface area contributed by atoms with Gasteiger partial charge in [-0.05, 0) is 37.1 Å². The molecule has 3 aromatic rings. The molecule has 1 aliphatic carbocycles. The minimum absolute atomic E-state index is 0.0966. The van der Waals surface area contributed by atoms with Gasteiger partial charge in [-0.25, -0.2) is 8.42 Å². The van der Waals surface area contributed by atoms with E-state index in [4.69, 9.17) is 8.83 Å². The normalized spacial score (nSPS) is 15.8. The first-order chi connectivity index (χ1) is 12.6. The summed E-state index contributed by atoms with van der Waals surface area (Å²) in [5.74, 6) is 0.737. The van der Waals surface area contributed by atoms with Gasteiger partial charge in [0.1, 0.15) is 0 Å². The average molecular weight is 372 g/mol. The van der Waals surface area contributed by atoms with Crippen LogP contribution in [0, 0.1) is 0 Å². The monoisotopic (exact) mass is 372 g/mol. The van der Waals surface area contributed by atoms with Gasteiger partial charge in [0, 0.05) is 6.04 Å². The van der Waals surface area contributed by atoms with E-state index in [1.807, 2.05) is 0 Å². The molecule has 2 aromatic heterocycles. The number of hydrogen-bond acceptors (Lipinski definition) is 6. The zero-order valence-electron chi connectivity index (χ0n) is 14.2. The van der Waals surface area contributed by atoms with Crippen molar-refractivity contribution in [1.29, 1.82) is 0 Å². The van der Waals surface area contributed by atoms with Crippen LogP contribution in [0.4, 0.5) is 5.88 Å². The highest BCUT2D eigenvalue weighted by Crippen LogP contribution is 2.34. The molecule has 136 valence electrons. The molecule has 4 rings (SSSR count). The van der Waals surface area contributed by atoms with Crippen LogP contribution < -0.4 is 5.32 Å². The zero-order chi connectivity index (χ0) is 18.0. The Kier molecular flexibility index (Phi) is 4.55. The first kappa shape index (κ1) is 16.9. The Morgan fingerprint density at radius 1 is 1.00 bits per heavy atom. The van der Waals surface area contributed by atoms with Gasteiger partial charge < -0.3 is 14.2 Å². The molecule has 0 spiro atoms. The van der Waals surface area contributed by atoms with E-state index in [9.17, 15) is 8.42 Å². The van der Waals surface area contributed by atoms with Gasteiger partial charge in [0.05, 0.1) is 11.2 Å². The predicted molar refractivity (Wildman–Crippen MR) is 96.6 cm³/mol. The third-order valence-corrected chi connectivity index (χ3v) is 6.26. The van der Waals surface area contributed by atoms with Gasteiger partial charge in [-0.15, -0.1) is 0 Å². The number of aromatic nitrogens is 1. The first-order valence-corrected chi connectivity index (χ1v) is 10.2. The fourth-order valence-electron chi connectivity index (χ4n) is 3.23. The largest absolute Gasteiger partial charge is 0.459 e. The van der Waals surface area contributed by atoms with Gasteiger partial charge in [-0.2, -0.15) is 4.98 Å². The van der Waals surface area contributed by atoms with E-state index in [1.165, 1.54) is 12.7 Å². The van der Waals surface area contributed by atoms with Crippen molar-refractivity contribution in [3.8, 4) is 11.7 Å². The van der Waals surface area contributed by atoms with E-state index >= 15 is 0 Å². The molecule has 0 radical (unpaired) electrons. The van der Waals surface area contributed by atoms with E-state index in [-0.39, 0.29) is 27.7 Å². The van der Waals surface area contributed by atoms with E-state index in [0.717, 1.165) is 25.7 Å². The molecule has 1 saturated carbocycles. The smallest absolute Gasteiger partial charge is 0.266 e. The quantitative estimate of drug-likeness (QED) is 0.709. The van der Waals surface area contributed by atoms with Crippen molar-refractivity contribution >= 4 is 15.7 Å². The van der Waals surface area contributed by atoms with Gasteiger partial charge in [-0.3, -0.25) is 0 Å². The first-order valence-electron chi connectivity index (χ1n) is 8.76. The van der Waals surface area contributed by atoms with Crippen LogP contribution in [-0.2, 0) is 9.84 Å². The maximum absolute atomic E-state index is 13.1. The lowest BCUT2D eigenvalue weighted by atomic mass is 9.96. The third kappa shape index (κ3) is 3.26. The molecule has 0 amide bonds. The molecule has 0 atom stereocenters. The Labute approximate surface area is 152 Å². The number of rotatable bonds is 5. The molecule has 7 heteroatoms. The molecule has 1 aromatic carbocycles. The van der Waals surface area contributed by atoms with Gasteiger partial charge in [0.25, 0.3) is 5.89 Å². The number of benzene rings is 1. The van der Waals surface area contributed by atoms with Crippen LogP contribution >= 0.6 is 0 Å². The van der Waals surface area contributed by atoms with E-state index in [1.54, 1.807) is 42.5 Å². The van der Waals surface area contributed by atoms with Crippen LogP contribution in [0.15, 0.2) is 67.5 Å². The Morgan fingerprint density at radius 2 is 1.77 bits per heavy atom. The van der Waals surface area contributed by atoms with E-state index in [0.29, 0.717) is 5.76 Å². The van der Waals surface area contributed by atoms with Crippen molar-refractivity contribution in [3.63, 3.8) is 0 Å². The number of hydrogen-bond donors (Lipinski definition) is 1. The second-order valence-corrected chi connectivity index (χ2v) is 8.29. The number of sulfone groups is 1. The van der Waals surface area contributed by atoms with Crippen molar-refractivity contribution in [2.75, 3.05) is 5.32 Å². The standard InChI is InChI=1S/C19H20N2O4S/c22-26(23,15-10-5-2-6-11-15)19-18(20-14-8-3-1-4-9-14)25-17(21-19)16-12-7-13-24-16/h2,5-7,10-14,20H,1,3-4,8-9H2. The summed E-state index contributed by atoms with van der Waals surface area (Å²) in [6, 6.07) is 11.8. The SMILES string of the molecule is O=S(=O)(c1ccccc1)c1nc(-c2ccco2)oc1NC1CCCCC1. The number of nitrogens with one attached hydrogen (secondary N) is 1. The highest BCUT2D eigenvalue weighted by Gasteiger charge is 2.30. The number of furan rings is 1. The van der Waals surface area contributed by atoms with Crippen LogP contribution in [0.1, 0.15) is 32.1 Å². The second-order valence-electron chi connectivity index (χ2n) is 6.43. The maximum Gasteiger partial charge on any atom is 0.266 e. The fraction of sp³-hybridized carbons (Fsp3) is 0.316. The van der Waals surface area contributed by atoms with Crippen molar-refractivity contribution in [1.82, 2.24) is 4.98 Å². The summed E-state index contributed by atoms with van der Waals surface area (Å²) >= 11 is 0. The van der Waals surface area contributed by atoms with Crippen molar-refractivity contribution in [3.05, 3.63) is 48.7 Å². The minimum Gasteiger partial charge on any atom is -0.459 e. The van der Waals surface area contributed by atoms with E-state index < -0.39 is 9.84 Å². The minimum atomic E-state index is -3.80. The van der Waals surface area contributed by atoms with E-state index in [2.05, 4.69) is 10.3 Å². The molecule has 1 aliphatic rings. The Hall–Kier alpha value is -2.54. The lowest BCUT2D eigenvalue weighted by Gasteiger charge is -2.22. The number of anilines is 1. The van der Waals surface area contributed by atoms with Crippen molar-refractivity contribution in [2.45, 2.75) is 48.1 Å². The van der Waals surface area contributed by atoms with Crippen LogP contribution in [0.3, 0.4) is 0 Å². The Morgan fingerprint density at radius 3 is 2.46 bits per heavy atom. The second kappa shape index (κ2) is 6.99. The summed E-state index contributed by atoms with van der Waals surface area (Å²) in [5, 5.41) is 3.16. The molecule has 0 unspecified atom stereocenters. The predicted octanol–water partition coefficient (Wildman–Crippen LogP) is 4.51. The highest BCUT2D eigenvalue weighted by molar-refractivity contribution is 7.91. The van der Waals surface area contributed by atoms with Crippen LogP contribution in [0.2, 0.25) is 0 Å². The lowest BCUT2D eigenvalue weighted by Crippen LogP contribution is -2.23. The summed E-state index contributed by atoms with van der Waals surface area (Å²) < 4.78 is 37.3. The summed E-state index contributed by atoms with van der Waals surface area (Å²) in [7, 11) is -3.80. The van der Waals surface area contributed by atoms with Crippen LogP contribution in [-0.4, -0.2) is 19.4 Å². The third-order valence-electron chi connectivity index (χ3n) is 4.58. The zero-order valence-corrected chi connectivity index (χ0v) is 15.0. The summed E-state index contributed by atoms with van der Waals surface area (Å²) in [6.07, 6.45) is 6.93. The molecule has 1 fully saturated rings. The topological polar surface area (TPSA) is 85.3 Å². The summed E-state index contributed by atoms with van der Waals surface area (Å²) in [6.45, 7) is 0.